The summed E-state index contributed by atoms with van der Waals surface area (Å²) < 4.78 is 13.4. The van der Waals surface area contributed by atoms with Crippen molar-refractivity contribution in [1.82, 2.24) is 15.6 Å². The first-order valence-corrected chi connectivity index (χ1v) is 8.14. The van der Waals surface area contributed by atoms with Crippen LogP contribution in [0.15, 0.2) is 24.4 Å². The summed E-state index contributed by atoms with van der Waals surface area (Å²) in [5, 5.41) is 6.70. The van der Waals surface area contributed by atoms with Gasteiger partial charge in [-0.3, -0.25) is 4.79 Å². The Kier molecular flexibility index (Phi) is 4.37. The molecule has 0 saturated carbocycles. The zero-order valence-corrected chi connectivity index (χ0v) is 13.6. The third-order valence-electron chi connectivity index (χ3n) is 3.19. The monoisotopic (exact) mass is 355 g/mol. The van der Waals surface area contributed by atoms with Gasteiger partial charge in [0, 0.05) is 23.3 Å². The molecular formula is C14H11ClFN3OS2. The number of carbonyl (C=O) groups is 1. The van der Waals surface area contributed by atoms with Crippen LogP contribution in [-0.4, -0.2) is 28.5 Å². The standard InChI is InChI=1S/C14H11ClFN3OS2/c15-8-3-7(4-9(16)5-8)14-18-6-11(22-14)13(21)19-10-1-2-17-12(10)20/h3-6,10H,1-2H2,(H,17,20)(H,19,21). The highest BCUT2D eigenvalue weighted by molar-refractivity contribution is 7.81. The van der Waals surface area contributed by atoms with E-state index in [1.165, 1.54) is 23.5 Å². The molecule has 0 bridgehead atoms. The van der Waals surface area contributed by atoms with Crippen molar-refractivity contribution >= 4 is 46.1 Å². The Hall–Kier alpha value is -1.57. The topological polar surface area (TPSA) is 54.0 Å². The summed E-state index contributed by atoms with van der Waals surface area (Å²) in [4.78, 5) is 17.0. The van der Waals surface area contributed by atoms with E-state index in [-0.39, 0.29) is 11.9 Å². The van der Waals surface area contributed by atoms with E-state index in [1.54, 1.807) is 12.3 Å². The average molecular weight is 356 g/mol. The summed E-state index contributed by atoms with van der Waals surface area (Å²) in [6.45, 7) is 0.648. The van der Waals surface area contributed by atoms with Crippen LogP contribution in [0.3, 0.4) is 0 Å². The molecule has 1 aliphatic heterocycles. The molecule has 2 aromatic rings. The molecular weight excluding hydrogens is 345 g/mol. The van der Waals surface area contributed by atoms with Gasteiger partial charge in [0.05, 0.1) is 4.88 Å². The van der Waals surface area contributed by atoms with Crippen LogP contribution in [0.5, 0.6) is 0 Å². The second-order valence-electron chi connectivity index (χ2n) is 4.79. The predicted octanol–water partition coefficient (Wildman–Crippen LogP) is 2.76. The smallest absolute Gasteiger partial charge is 0.242 e. The van der Waals surface area contributed by atoms with Crippen molar-refractivity contribution in [2.24, 2.45) is 0 Å². The molecule has 22 heavy (non-hydrogen) atoms. The Labute approximate surface area is 140 Å². The molecule has 1 unspecified atom stereocenters. The molecule has 2 N–H and O–H groups in total. The first-order valence-electron chi connectivity index (χ1n) is 6.54. The van der Waals surface area contributed by atoms with Gasteiger partial charge in [0.1, 0.15) is 21.9 Å². The minimum Gasteiger partial charge on any atom is -0.363 e. The number of hydrogen-bond donors (Lipinski definition) is 2. The minimum absolute atomic E-state index is 0.0519. The molecule has 4 nitrogen and oxygen atoms in total. The summed E-state index contributed by atoms with van der Waals surface area (Å²) in [5.74, 6) is -0.466. The lowest BCUT2D eigenvalue weighted by Crippen LogP contribution is -2.39. The number of nitrogens with zero attached hydrogens (tertiary/aromatic N) is 1. The van der Waals surface area contributed by atoms with Gasteiger partial charge in [-0.1, -0.05) is 23.8 Å². The van der Waals surface area contributed by atoms with Gasteiger partial charge in [-0.05, 0) is 24.6 Å². The van der Waals surface area contributed by atoms with Gasteiger partial charge in [-0.15, -0.1) is 11.3 Å². The van der Waals surface area contributed by atoms with Gasteiger partial charge in [0.15, 0.2) is 0 Å². The molecule has 114 valence electrons. The molecule has 0 radical (unpaired) electrons. The molecule has 1 fully saturated rings. The first kappa shape index (κ1) is 15.3. The lowest BCUT2D eigenvalue weighted by atomic mass is 10.2. The minimum atomic E-state index is -0.414. The summed E-state index contributed by atoms with van der Waals surface area (Å²) in [6, 6.07) is 3.95. The van der Waals surface area contributed by atoms with Crippen LogP contribution in [0, 0.1) is 5.82 Å². The van der Waals surface area contributed by atoms with Gasteiger partial charge in [-0.2, -0.15) is 0 Å². The maximum atomic E-state index is 13.4. The van der Waals surface area contributed by atoms with Gasteiger partial charge < -0.3 is 10.6 Å². The number of amides is 1. The van der Waals surface area contributed by atoms with Crippen molar-refractivity contribution in [3.05, 3.63) is 40.1 Å². The second kappa shape index (κ2) is 6.28. The van der Waals surface area contributed by atoms with Crippen LogP contribution in [0.1, 0.15) is 11.3 Å². The number of thiocarbonyl (C=S) groups is 1. The van der Waals surface area contributed by atoms with Gasteiger partial charge in [-0.25, -0.2) is 9.37 Å². The van der Waals surface area contributed by atoms with E-state index in [0.717, 1.165) is 4.88 Å². The third kappa shape index (κ3) is 3.26. The number of nitrogens with one attached hydrogen (secondary N) is 2. The third-order valence-corrected chi connectivity index (χ3v) is 4.94. The lowest BCUT2D eigenvalue weighted by Gasteiger charge is -2.10. The largest absolute Gasteiger partial charge is 0.363 e. The van der Waals surface area contributed by atoms with E-state index < -0.39 is 5.82 Å². The van der Waals surface area contributed by atoms with E-state index >= 15 is 0 Å². The lowest BCUT2D eigenvalue weighted by molar-refractivity contribution is -0.120. The summed E-state index contributed by atoms with van der Waals surface area (Å²) in [7, 11) is 0. The van der Waals surface area contributed by atoms with Crippen molar-refractivity contribution < 1.29 is 9.18 Å². The van der Waals surface area contributed by atoms with E-state index in [2.05, 4.69) is 15.6 Å². The Morgan fingerprint density at radius 2 is 2.32 bits per heavy atom. The Morgan fingerprint density at radius 3 is 3.00 bits per heavy atom. The summed E-state index contributed by atoms with van der Waals surface area (Å²) in [5.41, 5.74) is 0.600. The number of benzene rings is 1. The maximum absolute atomic E-state index is 13.4. The molecule has 8 heteroatoms. The van der Waals surface area contributed by atoms with Crippen LogP contribution in [0.2, 0.25) is 5.02 Å². The second-order valence-corrected chi connectivity index (χ2v) is 6.67. The number of aromatic nitrogens is 1. The molecule has 1 amide bonds. The fourth-order valence-corrected chi connectivity index (χ4v) is 3.50. The highest BCUT2D eigenvalue weighted by Gasteiger charge is 2.25. The number of thiazole rings is 1. The first-order chi connectivity index (χ1) is 10.5. The number of hydrogen-bond acceptors (Lipinski definition) is 4. The number of carbonyl (C=O) groups excluding carboxylic acids is 1. The zero-order valence-electron chi connectivity index (χ0n) is 11.2. The van der Waals surface area contributed by atoms with Gasteiger partial charge in [0.25, 0.3) is 0 Å². The van der Waals surface area contributed by atoms with Crippen LogP contribution in [0.25, 0.3) is 10.6 Å². The van der Waals surface area contributed by atoms with Crippen molar-refractivity contribution in [2.45, 2.75) is 12.5 Å². The molecule has 1 atom stereocenters. The van der Waals surface area contributed by atoms with Crippen molar-refractivity contribution in [3.63, 3.8) is 0 Å². The summed E-state index contributed by atoms with van der Waals surface area (Å²) in [6.07, 6.45) is 2.31. The molecule has 1 aliphatic rings. The van der Waals surface area contributed by atoms with Gasteiger partial charge in [0.2, 0.25) is 5.91 Å². The molecule has 0 spiro atoms. The van der Waals surface area contributed by atoms with Crippen molar-refractivity contribution in [2.75, 3.05) is 6.54 Å². The molecule has 1 aromatic heterocycles. The fourth-order valence-electron chi connectivity index (χ4n) is 2.15. The Morgan fingerprint density at radius 1 is 1.50 bits per heavy atom. The van der Waals surface area contributed by atoms with Gasteiger partial charge >= 0.3 is 0 Å². The SMILES string of the molecule is O=C1NCCC1NC(=S)c1cnc(-c2cc(F)cc(Cl)c2)s1. The molecule has 0 aliphatic carbocycles. The Balaban J connectivity index is 1.78. The van der Waals surface area contributed by atoms with Crippen LogP contribution in [-0.2, 0) is 4.79 Å². The highest BCUT2D eigenvalue weighted by Crippen LogP contribution is 2.28. The van der Waals surface area contributed by atoms with Crippen molar-refractivity contribution in [3.8, 4) is 10.6 Å². The van der Waals surface area contributed by atoms with Crippen LogP contribution >= 0.6 is 35.2 Å². The normalized spacial score (nSPS) is 17.4. The number of rotatable bonds is 3. The summed E-state index contributed by atoms with van der Waals surface area (Å²) >= 11 is 12.5. The quantitative estimate of drug-likeness (QED) is 0.831. The Bertz CT molecular complexity index is 729. The molecule has 2 heterocycles. The van der Waals surface area contributed by atoms with E-state index in [1.807, 2.05) is 0 Å². The van der Waals surface area contributed by atoms with Crippen molar-refractivity contribution in [1.29, 1.82) is 0 Å². The maximum Gasteiger partial charge on any atom is 0.242 e. The van der Waals surface area contributed by atoms with Crippen LogP contribution < -0.4 is 10.6 Å². The molecule has 1 aromatic carbocycles. The van der Waals surface area contributed by atoms with E-state index in [0.29, 0.717) is 33.5 Å². The zero-order chi connectivity index (χ0) is 15.7. The van der Waals surface area contributed by atoms with E-state index in [9.17, 15) is 9.18 Å². The molecule has 3 rings (SSSR count). The molecule has 1 saturated heterocycles. The average Bonchev–Trinajstić information content (AvgIpc) is 3.08. The highest BCUT2D eigenvalue weighted by atomic mass is 35.5. The van der Waals surface area contributed by atoms with E-state index in [4.69, 9.17) is 23.8 Å². The number of halogens is 2. The fraction of sp³-hybridized carbons (Fsp3) is 0.214. The van der Waals surface area contributed by atoms with Crippen LogP contribution in [0.4, 0.5) is 4.39 Å². The predicted molar refractivity (Wildman–Crippen MR) is 88.8 cm³/mol.